The number of nitrogens with one attached hydrogen (secondary N) is 1. The molecule has 0 unspecified atom stereocenters. The lowest BCUT2D eigenvalue weighted by molar-refractivity contribution is -0.112. The smallest absolute Gasteiger partial charge is 0.266 e. The van der Waals surface area contributed by atoms with Gasteiger partial charge in [-0.05, 0) is 36.4 Å². The zero-order valence-corrected chi connectivity index (χ0v) is 13.2. The summed E-state index contributed by atoms with van der Waals surface area (Å²) < 4.78 is 29.0. The van der Waals surface area contributed by atoms with E-state index in [2.05, 4.69) is 5.32 Å². The van der Waals surface area contributed by atoms with Crippen molar-refractivity contribution in [1.29, 1.82) is 5.26 Å². The van der Waals surface area contributed by atoms with Crippen molar-refractivity contribution in [3.8, 4) is 23.3 Å². The molecule has 3 rings (SSSR count). The number of carbonyl (C=O) groups is 1. The standard InChI is InChI=1S/C18H13FN2O4/c1-23-15-4-2-13(19)7-11(15)6-12(9-20)18(22)21-14-3-5-16-17(8-14)25-10-24-16/h2-8H,10H2,1H3,(H,21,22)/b12-6+. The number of nitrogens with zero attached hydrogens (tertiary/aromatic N) is 1. The lowest BCUT2D eigenvalue weighted by atomic mass is 10.1. The molecule has 2 aromatic rings. The number of ether oxygens (including phenoxy) is 3. The maximum absolute atomic E-state index is 13.4. The Hall–Kier alpha value is -3.53. The summed E-state index contributed by atoms with van der Waals surface area (Å²) in [6.07, 6.45) is 1.27. The number of anilines is 1. The topological polar surface area (TPSA) is 80.6 Å². The molecule has 0 fully saturated rings. The number of benzene rings is 2. The molecule has 1 aliphatic heterocycles. The number of halogens is 1. The molecule has 0 atom stereocenters. The summed E-state index contributed by atoms with van der Waals surface area (Å²) in [5.74, 6) is 0.309. The van der Waals surface area contributed by atoms with E-state index in [0.717, 1.165) is 0 Å². The zero-order chi connectivity index (χ0) is 17.8. The van der Waals surface area contributed by atoms with E-state index < -0.39 is 11.7 Å². The summed E-state index contributed by atoms with van der Waals surface area (Å²) >= 11 is 0. The van der Waals surface area contributed by atoms with Crippen molar-refractivity contribution in [3.05, 3.63) is 53.4 Å². The Bertz CT molecular complexity index is 902. The van der Waals surface area contributed by atoms with Gasteiger partial charge in [0.05, 0.1) is 7.11 Å². The van der Waals surface area contributed by atoms with Crippen LogP contribution < -0.4 is 19.5 Å². The number of hydrogen-bond acceptors (Lipinski definition) is 5. The van der Waals surface area contributed by atoms with Gasteiger partial charge in [-0.2, -0.15) is 5.26 Å². The molecule has 126 valence electrons. The van der Waals surface area contributed by atoms with Crippen molar-refractivity contribution >= 4 is 17.7 Å². The van der Waals surface area contributed by atoms with Crippen LogP contribution in [0.5, 0.6) is 17.2 Å². The molecule has 0 saturated heterocycles. The second-order valence-corrected chi connectivity index (χ2v) is 5.08. The predicted molar refractivity (Wildman–Crippen MR) is 87.7 cm³/mol. The molecule has 7 heteroatoms. The van der Waals surface area contributed by atoms with Crippen LogP contribution >= 0.6 is 0 Å². The van der Waals surface area contributed by atoms with Crippen LogP contribution in [0.15, 0.2) is 42.0 Å². The first-order valence-electron chi connectivity index (χ1n) is 7.27. The van der Waals surface area contributed by atoms with Crippen LogP contribution in [0, 0.1) is 17.1 Å². The predicted octanol–water partition coefficient (Wildman–Crippen LogP) is 3.11. The molecule has 0 bridgehead atoms. The number of nitriles is 1. The summed E-state index contributed by atoms with van der Waals surface area (Å²) in [4.78, 5) is 12.3. The Labute approximate surface area is 143 Å². The molecule has 2 aromatic carbocycles. The summed E-state index contributed by atoms with van der Waals surface area (Å²) in [6, 6.07) is 10.5. The molecule has 1 aliphatic rings. The van der Waals surface area contributed by atoms with Gasteiger partial charge in [0.2, 0.25) is 6.79 Å². The molecule has 0 spiro atoms. The van der Waals surface area contributed by atoms with Gasteiger partial charge in [0.25, 0.3) is 5.91 Å². The Morgan fingerprint density at radius 3 is 2.84 bits per heavy atom. The minimum absolute atomic E-state index is 0.120. The fourth-order valence-corrected chi connectivity index (χ4v) is 2.29. The van der Waals surface area contributed by atoms with E-state index in [9.17, 15) is 14.4 Å². The highest BCUT2D eigenvalue weighted by atomic mass is 19.1. The summed E-state index contributed by atoms with van der Waals surface area (Å²) in [6.45, 7) is 0.120. The fraction of sp³-hybridized carbons (Fsp3) is 0.111. The van der Waals surface area contributed by atoms with Crippen molar-refractivity contribution in [2.45, 2.75) is 0 Å². The number of methoxy groups -OCH3 is 1. The van der Waals surface area contributed by atoms with Gasteiger partial charge in [0.1, 0.15) is 23.2 Å². The molecule has 0 aliphatic carbocycles. The summed E-state index contributed by atoms with van der Waals surface area (Å²) in [7, 11) is 1.42. The van der Waals surface area contributed by atoms with E-state index in [0.29, 0.717) is 28.5 Å². The minimum atomic E-state index is -0.632. The molecule has 1 heterocycles. The van der Waals surface area contributed by atoms with Crippen LogP contribution in [0.4, 0.5) is 10.1 Å². The first-order chi connectivity index (χ1) is 12.1. The Balaban J connectivity index is 1.84. The number of carbonyl (C=O) groups excluding carboxylic acids is 1. The van der Waals surface area contributed by atoms with Crippen molar-refractivity contribution in [2.24, 2.45) is 0 Å². The molecule has 25 heavy (non-hydrogen) atoms. The lowest BCUT2D eigenvalue weighted by Crippen LogP contribution is -2.13. The zero-order valence-electron chi connectivity index (χ0n) is 13.2. The first-order valence-corrected chi connectivity index (χ1v) is 7.27. The molecule has 0 aromatic heterocycles. The van der Waals surface area contributed by atoms with Gasteiger partial charge in [0, 0.05) is 17.3 Å². The van der Waals surface area contributed by atoms with Gasteiger partial charge >= 0.3 is 0 Å². The van der Waals surface area contributed by atoms with Crippen LogP contribution in [0.3, 0.4) is 0 Å². The SMILES string of the molecule is COc1ccc(F)cc1/C=C(\C#N)C(=O)Nc1ccc2c(c1)OCO2. The highest BCUT2D eigenvalue weighted by molar-refractivity contribution is 6.10. The number of amides is 1. The van der Waals surface area contributed by atoms with Gasteiger partial charge in [0.15, 0.2) is 11.5 Å². The quantitative estimate of drug-likeness (QED) is 0.683. The van der Waals surface area contributed by atoms with Gasteiger partial charge in [-0.1, -0.05) is 0 Å². The number of hydrogen-bond donors (Lipinski definition) is 1. The maximum atomic E-state index is 13.4. The second-order valence-electron chi connectivity index (χ2n) is 5.08. The average molecular weight is 340 g/mol. The Morgan fingerprint density at radius 1 is 1.28 bits per heavy atom. The molecular formula is C18H13FN2O4. The normalized spacial score (nSPS) is 12.4. The monoisotopic (exact) mass is 340 g/mol. The van der Waals surface area contributed by atoms with E-state index in [1.165, 1.54) is 31.4 Å². The fourth-order valence-electron chi connectivity index (χ4n) is 2.29. The van der Waals surface area contributed by atoms with Crippen LogP contribution in [-0.2, 0) is 4.79 Å². The average Bonchev–Trinajstić information content (AvgIpc) is 3.07. The van der Waals surface area contributed by atoms with Gasteiger partial charge in [-0.25, -0.2) is 4.39 Å². The molecular weight excluding hydrogens is 327 g/mol. The maximum Gasteiger partial charge on any atom is 0.266 e. The van der Waals surface area contributed by atoms with Gasteiger partial charge < -0.3 is 19.5 Å². The van der Waals surface area contributed by atoms with E-state index in [1.807, 2.05) is 6.07 Å². The number of rotatable bonds is 4. The third-order valence-corrected chi connectivity index (χ3v) is 3.49. The van der Waals surface area contributed by atoms with Crippen LogP contribution in [0.1, 0.15) is 5.56 Å². The lowest BCUT2D eigenvalue weighted by Gasteiger charge is -2.07. The molecule has 1 amide bonds. The largest absolute Gasteiger partial charge is 0.496 e. The van der Waals surface area contributed by atoms with Crippen molar-refractivity contribution in [2.75, 3.05) is 19.2 Å². The highest BCUT2D eigenvalue weighted by Crippen LogP contribution is 2.34. The third-order valence-electron chi connectivity index (χ3n) is 3.49. The van der Waals surface area contributed by atoms with Crippen molar-refractivity contribution < 1.29 is 23.4 Å². The third kappa shape index (κ3) is 3.53. The Morgan fingerprint density at radius 2 is 2.08 bits per heavy atom. The van der Waals surface area contributed by atoms with E-state index in [1.54, 1.807) is 18.2 Å². The van der Waals surface area contributed by atoms with Crippen LogP contribution in [0.2, 0.25) is 0 Å². The van der Waals surface area contributed by atoms with E-state index in [4.69, 9.17) is 14.2 Å². The molecule has 0 radical (unpaired) electrons. The van der Waals surface area contributed by atoms with Gasteiger partial charge in [-0.15, -0.1) is 0 Å². The molecule has 1 N–H and O–H groups in total. The van der Waals surface area contributed by atoms with E-state index in [-0.39, 0.29) is 12.4 Å². The second kappa shape index (κ2) is 6.93. The summed E-state index contributed by atoms with van der Waals surface area (Å²) in [5.41, 5.74) is 0.545. The van der Waals surface area contributed by atoms with E-state index >= 15 is 0 Å². The molecule has 0 saturated carbocycles. The molecule has 6 nitrogen and oxygen atoms in total. The first kappa shape index (κ1) is 16.3. The van der Waals surface area contributed by atoms with Crippen LogP contribution in [-0.4, -0.2) is 19.8 Å². The van der Waals surface area contributed by atoms with Gasteiger partial charge in [-0.3, -0.25) is 4.79 Å². The van der Waals surface area contributed by atoms with Crippen LogP contribution in [0.25, 0.3) is 6.08 Å². The highest BCUT2D eigenvalue weighted by Gasteiger charge is 2.16. The van der Waals surface area contributed by atoms with Crippen molar-refractivity contribution in [3.63, 3.8) is 0 Å². The minimum Gasteiger partial charge on any atom is -0.496 e. The summed E-state index contributed by atoms with van der Waals surface area (Å²) in [5, 5.41) is 11.9. The Kier molecular flexibility index (Phi) is 4.53. The number of fused-ring (bicyclic) bond motifs is 1. The van der Waals surface area contributed by atoms with Crippen molar-refractivity contribution in [1.82, 2.24) is 0 Å².